The number of esters is 3. The highest BCUT2D eigenvalue weighted by Crippen LogP contribution is 2.35. The van der Waals surface area contributed by atoms with Crippen LogP contribution < -0.4 is 5.56 Å². The van der Waals surface area contributed by atoms with E-state index in [0.29, 0.717) is 0 Å². The van der Waals surface area contributed by atoms with E-state index < -0.39 is 48.0 Å². The van der Waals surface area contributed by atoms with Gasteiger partial charge in [0.05, 0.1) is 6.33 Å². The molecule has 1 fully saturated rings. The van der Waals surface area contributed by atoms with E-state index in [4.69, 9.17) is 18.9 Å². The van der Waals surface area contributed by atoms with Crippen molar-refractivity contribution in [2.24, 2.45) is 0 Å². The highest BCUT2D eigenvalue weighted by molar-refractivity contribution is 5.70. The first-order chi connectivity index (χ1) is 13.7. The van der Waals surface area contributed by atoms with Crippen molar-refractivity contribution in [2.75, 3.05) is 6.61 Å². The summed E-state index contributed by atoms with van der Waals surface area (Å²) in [7, 11) is 0. The molecule has 1 N–H and O–H groups in total. The Morgan fingerprint density at radius 3 is 2.34 bits per heavy atom. The Labute approximate surface area is 162 Å². The summed E-state index contributed by atoms with van der Waals surface area (Å²) in [6.07, 6.45) is -2.23. The summed E-state index contributed by atoms with van der Waals surface area (Å²) in [6.45, 7) is 3.25. The van der Waals surface area contributed by atoms with E-state index in [2.05, 4.69) is 9.97 Å². The van der Waals surface area contributed by atoms with Crippen LogP contribution in [-0.4, -0.2) is 67.3 Å². The number of carbonyl (C=O) groups is 3. The maximum Gasteiger partial charge on any atom is 0.314 e. The number of hydrogen-bond donors (Lipinski definition) is 1. The molecule has 29 heavy (non-hydrogen) atoms. The SMILES string of the molecule is CC(=O)OC[C@H]1O[C@@H](n2cnc3c(=O)[15n](O)cnc32)[C@H](OC(C)=O)[C@@H]1OC(C)=O. The van der Waals surface area contributed by atoms with E-state index in [9.17, 15) is 24.4 Å². The summed E-state index contributed by atoms with van der Waals surface area (Å²) in [4.78, 5) is 54.3. The molecule has 0 unspecified atom stereocenters. The van der Waals surface area contributed by atoms with Crippen LogP contribution in [0.15, 0.2) is 17.4 Å². The summed E-state index contributed by atoms with van der Waals surface area (Å²) >= 11 is 0. The van der Waals surface area contributed by atoms with Gasteiger partial charge >= 0.3 is 23.5 Å². The van der Waals surface area contributed by atoms with Gasteiger partial charge in [-0.25, -0.2) is 9.97 Å². The fraction of sp³-hybridized carbons (Fsp3) is 0.500. The molecule has 2 aromatic heterocycles. The first-order valence-corrected chi connectivity index (χ1v) is 8.45. The molecule has 1 saturated heterocycles. The third kappa shape index (κ3) is 4.03. The van der Waals surface area contributed by atoms with Gasteiger partial charge < -0.3 is 24.2 Å². The van der Waals surface area contributed by atoms with Crippen LogP contribution in [0.25, 0.3) is 11.2 Å². The number of ether oxygens (including phenoxy) is 4. The van der Waals surface area contributed by atoms with Gasteiger partial charge in [-0.05, 0) is 0 Å². The predicted octanol–water partition coefficient (Wildman–Crippen LogP) is -0.846. The van der Waals surface area contributed by atoms with Gasteiger partial charge in [0.25, 0.3) is 0 Å². The van der Waals surface area contributed by atoms with Crippen molar-refractivity contribution in [3.63, 3.8) is 0 Å². The van der Waals surface area contributed by atoms with Crippen molar-refractivity contribution in [3.05, 3.63) is 23.0 Å². The summed E-state index contributed by atoms with van der Waals surface area (Å²) < 4.78 is 22.9. The Morgan fingerprint density at radius 1 is 1.07 bits per heavy atom. The average Bonchev–Trinajstić information content (AvgIpc) is 3.18. The Kier molecular flexibility index (Phi) is 5.50. The van der Waals surface area contributed by atoms with E-state index >= 15 is 0 Å². The van der Waals surface area contributed by atoms with Crippen LogP contribution in [0.4, 0.5) is 0 Å². The fourth-order valence-corrected chi connectivity index (χ4v) is 3.01. The van der Waals surface area contributed by atoms with Crippen LogP contribution in [0.5, 0.6) is 0 Å². The average molecular weight is 411 g/mol. The third-order valence-electron chi connectivity index (χ3n) is 4.08. The van der Waals surface area contributed by atoms with Crippen molar-refractivity contribution in [1.82, 2.24) is 19.3 Å². The number of fused-ring (bicyclic) bond motifs is 1. The van der Waals surface area contributed by atoms with Gasteiger partial charge in [0.15, 0.2) is 29.6 Å². The lowest BCUT2D eigenvalue weighted by Gasteiger charge is -2.23. The van der Waals surface area contributed by atoms with Crippen LogP contribution in [-0.2, 0) is 33.3 Å². The quantitative estimate of drug-likeness (QED) is 0.371. The monoisotopic (exact) mass is 411 g/mol. The molecule has 0 radical (unpaired) electrons. The molecule has 13 nitrogen and oxygen atoms in total. The first kappa shape index (κ1) is 20.3. The van der Waals surface area contributed by atoms with Gasteiger partial charge in [-0.3, -0.25) is 23.7 Å². The second-order valence-corrected chi connectivity index (χ2v) is 6.23. The number of imidazole rings is 1. The van der Waals surface area contributed by atoms with Gasteiger partial charge in [0.2, 0.25) is 0 Å². The van der Waals surface area contributed by atoms with E-state index in [1.165, 1.54) is 24.7 Å². The van der Waals surface area contributed by atoms with Crippen LogP contribution >= 0.6 is 0 Å². The number of hydrogen-bond acceptors (Lipinski definition) is 11. The fourth-order valence-electron chi connectivity index (χ4n) is 3.01. The molecule has 4 atom stereocenters. The maximum atomic E-state index is 12.0. The molecule has 1 aliphatic heterocycles. The second-order valence-electron chi connectivity index (χ2n) is 6.23. The molecule has 1 aliphatic rings. The van der Waals surface area contributed by atoms with Gasteiger partial charge in [-0.1, -0.05) is 0 Å². The van der Waals surface area contributed by atoms with E-state index in [-0.39, 0.29) is 22.5 Å². The number of carbonyl (C=O) groups excluding carboxylic acids is 3. The predicted molar refractivity (Wildman–Crippen MR) is 90.6 cm³/mol. The summed E-state index contributed by atoms with van der Waals surface area (Å²) in [5.41, 5.74) is -0.936. The molecule has 0 aromatic carbocycles. The Hall–Kier alpha value is -3.48. The van der Waals surface area contributed by atoms with Gasteiger partial charge in [-0.15, -0.1) is 4.73 Å². The zero-order valence-electron chi connectivity index (χ0n) is 15.7. The van der Waals surface area contributed by atoms with Crippen molar-refractivity contribution in [2.45, 2.75) is 45.3 Å². The number of rotatable bonds is 5. The molecular weight excluding hydrogens is 393 g/mol. The van der Waals surface area contributed by atoms with Crippen LogP contribution in [0.1, 0.15) is 27.0 Å². The van der Waals surface area contributed by atoms with Gasteiger partial charge in [-0.2, -0.15) is 0 Å². The maximum absolute atomic E-state index is 12.0. The number of nitrogens with zero attached hydrogens (tertiary/aromatic N) is 4. The highest BCUT2D eigenvalue weighted by Gasteiger charge is 2.51. The van der Waals surface area contributed by atoms with Crippen LogP contribution in [0, 0.1) is 0 Å². The van der Waals surface area contributed by atoms with Crippen LogP contribution in [0.2, 0.25) is 0 Å². The highest BCUT2D eigenvalue weighted by atomic mass is 16.7. The largest absolute Gasteiger partial charge is 0.463 e. The zero-order chi connectivity index (χ0) is 21.3. The lowest BCUT2D eigenvalue weighted by atomic mass is 10.1. The topological polar surface area (TPSA) is 161 Å². The van der Waals surface area contributed by atoms with Crippen molar-refractivity contribution >= 4 is 29.1 Å². The van der Waals surface area contributed by atoms with Crippen LogP contribution in [0.3, 0.4) is 0 Å². The lowest BCUT2D eigenvalue weighted by molar-refractivity contribution is -0.166. The van der Waals surface area contributed by atoms with Crippen molar-refractivity contribution in [1.29, 1.82) is 0 Å². The molecule has 13 heteroatoms. The Morgan fingerprint density at radius 2 is 1.72 bits per heavy atom. The molecule has 0 saturated carbocycles. The lowest BCUT2D eigenvalue weighted by Crippen LogP contribution is -2.40. The van der Waals surface area contributed by atoms with Gasteiger partial charge in [0.1, 0.15) is 19.0 Å². The molecule has 156 valence electrons. The van der Waals surface area contributed by atoms with E-state index in [1.807, 2.05) is 0 Å². The summed E-state index contributed by atoms with van der Waals surface area (Å²) in [6, 6.07) is 0. The minimum Gasteiger partial charge on any atom is -0.463 e. The Balaban J connectivity index is 2.04. The first-order valence-electron chi connectivity index (χ1n) is 8.45. The Bertz CT molecular complexity index is 1010. The molecule has 0 bridgehead atoms. The molecule has 3 heterocycles. The third-order valence-corrected chi connectivity index (χ3v) is 4.08. The van der Waals surface area contributed by atoms with E-state index in [1.54, 1.807) is 0 Å². The zero-order valence-corrected chi connectivity index (χ0v) is 15.7. The second kappa shape index (κ2) is 7.87. The molecule has 3 rings (SSSR count). The smallest absolute Gasteiger partial charge is 0.314 e. The van der Waals surface area contributed by atoms with Crippen molar-refractivity contribution < 1.29 is 38.5 Å². The molecule has 0 spiro atoms. The minimum atomic E-state index is -1.15. The standard InChI is InChI=1S/C16H18N4O9/c1-7(21)26-4-10-12(27-8(2)22)13(28-9(3)23)16(29-10)19-5-17-11-14(19)18-6-20(25)15(11)24/h5-6,10,12-13,16,25H,4H2,1-3H3/t10-,12-,13-,16-/m1/s1/i20+1. The summed E-state index contributed by atoms with van der Waals surface area (Å²) in [5.74, 6) is -1.93. The summed E-state index contributed by atoms with van der Waals surface area (Å²) in [5, 5.41) is 9.45. The molecule has 0 amide bonds. The molecular formula is C16H18N4O9. The van der Waals surface area contributed by atoms with Gasteiger partial charge in [0, 0.05) is 20.8 Å². The normalized spacial score (nSPS) is 23.7. The molecule has 2 aromatic rings. The van der Waals surface area contributed by atoms with Crippen molar-refractivity contribution in [3.8, 4) is 0 Å². The molecule has 0 aliphatic carbocycles. The number of aromatic nitrogens is 4. The van der Waals surface area contributed by atoms with E-state index in [0.717, 1.165) is 13.3 Å². The minimum absolute atomic E-state index is 0.0390.